The predicted molar refractivity (Wildman–Crippen MR) is 105 cm³/mol. The van der Waals surface area contributed by atoms with Crippen LogP contribution in [0.5, 0.6) is 0 Å². The molecule has 1 saturated carbocycles. The Kier molecular flexibility index (Phi) is 7.09. The quantitative estimate of drug-likeness (QED) is 0.748. The molecule has 0 unspecified atom stereocenters. The Morgan fingerprint density at radius 3 is 2.62 bits per heavy atom. The smallest absolute Gasteiger partial charge is 0.227 e. The third-order valence-electron chi connectivity index (χ3n) is 5.99. The Hall–Kier alpha value is -1.39. The fourth-order valence-corrected chi connectivity index (χ4v) is 4.53. The van der Waals surface area contributed by atoms with Crippen molar-refractivity contribution >= 4 is 5.91 Å². The van der Waals surface area contributed by atoms with Gasteiger partial charge in [0, 0.05) is 25.7 Å². The van der Waals surface area contributed by atoms with Crippen molar-refractivity contribution in [2.24, 2.45) is 0 Å². The van der Waals surface area contributed by atoms with Crippen molar-refractivity contribution < 1.29 is 9.53 Å². The van der Waals surface area contributed by atoms with Gasteiger partial charge in [-0.3, -0.25) is 9.69 Å². The minimum atomic E-state index is 0.235. The average molecular weight is 359 g/mol. The molecule has 1 heterocycles. The molecular formula is C22H34N2O2. The van der Waals surface area contributed by atoms with E-state index in [0.717, 1.165) is 37.9 Å². The van der Waals surface area contributed by atoms with Gasteiger partial charge in [-0.1, -0.05) is 37.3 Å². The van der Waals surface area contributed by atoms with Crippen molar-refractivity contribution in [2.45, 2.75) is 70.1 Å². The number of benzene rings is 1. The average Bonchev–Trinajstić information content (AvgIpc) is 3.21. The molecule has 1 aliphatic carbocycles. The molecule has 26 heavy (non-hydrogen) atoms. The number of ether oxygens (including phenoxy) is 1. The van der Waals surface area contributed by atoms with Crippen LogP contribution < -0.4 is 0 Å². The first kappa shape index (κ1) is 19.4. The Balaban J connectivity index is 1.65. The Morgan fingerprint density at radius 2 is 1.92 bits per heavy atom. The van der Waals surface area contributed by atoms with Gasteiger partial charge >= 0.3 is 0 Å². The second kappa shape index (κ2) is 9.52. The number of likely N-dealkylation sites (tertiary alicyclic amines) is 1. The number of carbonyl (C=O) groups excluding carboxylic acids is 1. The van der Waals surface area contributed by atoms with Gasteiger partial charge in [0.1, 0.15) is 0 Å². The molecule has 1 amide bonds. The van der Waals surface area contributed by atoms with Crippen LogP contribution in [0.3, 0.4) is 0 Å². The highest BCUT2D eigenvalue weighted by Gasteiger charge is 2.39. The zero-order valence-corrected chi connectivity index (χ0v) is 16.4. The number of amides is 1. The van der Waals surface area contributed by atoms with Crippen LogP contribution in [0.2, 0.25) is 0 Å². The second-order valence-corrected chi connectivity index (χ2v) is 7.85. The number of hydrogen-bond donors (Lipinski definition) is 0. The van der Waals surface area contributed by atoms with E-state index < -0.39 is 0 Å². The van der Waals surface area contributed by atoms with Gasteiger partial charge in [0.15, 0.2) is 0 Å². The van der Waals surface area contributed by atoms with Crippen LogP contribution in [-0.4, -0.2) is 60.6 Å². The first-order valence-electron chi connectivity index (χ1n) is 10.3. The minimum Gasteiger partial charge on any atom is -0.378 e. The molecule has 0 radical (unpaired) electrons. The van der Waals surface area contributed by atoms with Crippen molar-refractivity contribution in [3.8, 4) is 0 Å². The molecule has 144 valence electrons. The minimum absolute atomic E-state index is 0.235. The van der Waals surface area contributed by atoms with E-state index in [-0.39, 0.29) is 5.91 Å². The fourth-order valence-electron chi connectivity index (χ4n) is 4.53. The zero-order valence-electron chi connectivity index (χ0n) is 16.4. The van der Waals surface area contributed by atoms with E-state index in [9.17, 15) is 4.79 Å². The summed E-state index contributed by atoms with van der Waals surface area (Å²) in [5.74, 6) is 0.235. The highest BCUT2D eigenvalue weighted by molar-refractivity contribution is 5.78. The molecule has 0 N–H and O–H groups in total. The molecule has 0 aromatic heterocycles. The van der Waals surface area contributed by atoms with Gasteiger partial charge in [0.25, 0.3) is 0 Å². The highest BCUT2D eigenvalue weighted by atomic mass is 16.5. The monoisotopic (exact) mass is 358 g/mol. The van der Waals surface area contributed by atoms with Gasteiger partial charge in [-0.2, -0.15) is 0 Å². The van der Waals surface area contributed by atoms with Crippen molar-refractivity contribution in [1.82, 2.24) is 9.80 Å². The van der Waals surface area contributed by atoms with Gasteiger partial charge in [-0.15, -0.1) is 0 Å². The maximum atomic E-state index is 12.9. The lowest BCUT2D eigenvalue weighted by molar-refractivity contribution is -0.134. The Bertz CT molecular complexity index is 557. The van der Waals surface area contributed by atoms with E-state index in [1.165, 1.54) is 25.9 Å². The lowest BCUT2D eigenvalue weighted by Gasteiger charge is -2.45. The lowest BCUT2D eigenvalue weighted by atomic mass is 9.86. The summed E-state index contributed by atoms with van der Waals surface area (Å²) in [5, 5.41) is 0. The van der Waals surface area contributed by atoms with Crippen LogP contribution in [0, 0.1) is 0 Å². The van der Waals surface area contributed by atoms with Crippen LogP contribution in [0.4, 0.5) is 0 Å². The summed E-state index contributed by atoms with van der Waals surface area (Å²) in [5.41, 5.74) is 1.10. The number of likely N-dealkylation sites (N-methyl/N-ethyl adjacent to an activating group) is 1. The van der Waals surface area contributed by atoms with E-state index in [1.807, 2.05) is 42.3 Å². The standard InChI is InChI=1S/C22H34N2O2/c1-3-15-26-19-11-12-20(21(17-19)24-13-7-8-14-24)23(2)22(25)16-18-9-5-4-6-10-18/h4-6,9-10,19-21H,3,7-8,11-17H2,1-2H3/t19-,20-,21-/m0/s1. The third-order valence-corrected chi connectivity index (χ3v) is 5.99. The summed E-state index contributed by atoms with van der Waals surface area (Å²) in [4.78, 5) is 17.5. The summed E-state index contributed by atoms with van der Waals surface area (Å²) in [6.07, 6.45) is 7.67. The summed E-state index contributed by atoms with van der Waals surface area (Å²) < 4.78 is 6.08. The molecule has 2 aliphatic rings. The van der Waals surface area contributed by atoms with E-state index in [0.29, 0.717) is 24.6 Å². The first-order chi connectivity index (χ1) is 12.7. The predicted octanol–water partition coefficient (Wildman–Crippen LogP) is 3.50. The molecular weight excluding hydrogens is 324 g/mol. The molecule has 4 nitrogen and oxygen atoms in total. The summed E-state index contributed by atoms with van der Waals surface area (Å²) >= 11 is 0. The van der Waals surface area contributed by atoms with Crippen LogP contribution in [-0.2, 0) is 16.0 Å². The van der Waals surface area contributed by atoms with E-state index in [1.54, 1.807) is 0 Å². The molecule has 0 spiro atoms. The Morgan fingerprint density at radius 1 is 1.19 bits per heavy atom. The van der Waals surface area contributed by atoms with E-state index in [4.69, 9.17) is 4.74 Å². The molecule has 1 aromatic carbocycles. The SMILES string of the molecule is CCCO[C@H]1CC[C@H](N(C)C(=O)Cc2ccccc2)[C@@H](N2CCCC2)C1. The van der Waals surface area contributed by atoms with Crippen LogP contribution in [0.1, 0.15) is 51.0 Å². The molecule has 3 rings (SSSR count). The molecule has 1 aliphatic heterocycles. The molecule has 4 heteroatoms. The third kappa shape index (κ3) is 4.86. The fraction of sp³-hybridized carbons (Fsp3) is 0.682. The summed E-state index contributed by atoms with van der Waals surface area (Å²) in [6.45, 7) is 5.36. The topological polar surface area (TPSA) is 32.8 Å². The zero-order chi connectivity index (χ0) is 18.4. The molecule has 1 saturated heterocycles. The van der Waals surface area contributed by atoms with Crippen LogP contribution in [0.15, 0.2) is 30.3 Å². The number of hydrogen-bond acceptors (Lipinski definition) is 3. The Labute approximate surface area is 158 Å². The summed E-state index contributed by atoms with van der Waals surface area (Å²) in [7, 11) is 2.01. The molecule has 2 fully saturated rings. The van der Waals surface area contributed by atoms with Crippen LogP contribution >= 0.6 is 0 Å². The maximum Gasteiger partial charge on any atom is 0.227 e. The largest absolute Gasteiger partial charge is 0.378 e. The van der Waals surface area contributed by atoms with Crippen molar-refractivity contribution in [2.75, 3.05) is 26.7 Å². The molecule has 3 atom stereocenters. The van der Waals surface area contributed by atoms with Gasteiger partial charge < -0.3 is 9.64 Å². The van der Waals surface area contributed by atoms with Gasteiger partial charge in [0.05, 0.1) is 12.5 Å². The number of nitrogens with zero attached hydrogens (tertiary/aromatic N) is 2. The van der Waals surface area contributed by atoms with E-state index >= 15 is 0 Å². The summed E-state index contributed by atoms with van der Waals surface area (Å²) in [6, 6.07) is 10.8. The highest BCUT2D eigenvalue weighted by Crippen LogP contribution is 2.31. The van der Waals surface area contributed by atoms with Crippen molar-refractivity contribution in [3.05, 3.63) is 35.9 Å². The van der Waals surface area contributed by atoms with Crippen molar-refractivity contribution in [3.63, 3.8) is 0 Å². The lowest BCUT2D eigenvalue weighted by Crippen LogP contribution is -2.55. The van der Waals surface area contributed by atoms with Crippen molar-refractivity contribution in [1.29, 1.82) is 0 Å². The van der Waals surface area contributed by atoms with Crippen LogP contribution in [0.25, 0.3) is 0 Å². The van der Waals surface area contributed by atoms with Gasteiger partial charge in [-0.25, -0.2) is 0 Å². The maximum absolute atomic E-state index is 12.9. The number of rotatable bonds is 7. The van der Waals surface area contributed by atoms with Gasteiger partial charge in [-0.05, 0) is 57.2 Å². The number of carbonyl (C=O) groups is 1. The first-order valence-corrected chi connectivity index (χ1v) is 10.3. The molecule has 1 aromatic rings. The van der Waals surface area contributed by atoms with E-state index in [2.05, 4.69) is 11.8 Å². The van der Waals surface area contributed by atoms with Gasteiger partial charge in [0.2, 0.25) is 5.91 Å². The normalized spacial score (nSPS) is 26.8. The molecule has 0 bridgehead atoms. The second-order valence-electron chi connectivity index (χ2n) is 7.85.